The van der Waals surface area contributed by atoms with Crippen LogP contribution >= 0.6 is 0 Å². The van der Waals surface area contributed by atoms with Crippen LogP contribution < -0.4 is 4.74 Å². The fourth-order valence-electron chi connectivity index (χ4n) is 2.75. The molecule has 1 unspecified atom stereocenters. The van der Waals surface area contributed by atoms with Gasteiger partial charge in [0.2, 0.25) is 0 Å². The molecule has 0 aliphatic rings. The minimum atomic E-state index is -2.16. The molecule has 0 aromatic heterocycles. The second-order valence-corrected chi connectivity index (χ2v) is 14.2. The number of nitrogens with zero attached hydrogens (tertiary/aromatic N) is 2. The van der Waals surface area contributed by atoms with Crippen molar-refractivity contribution in [2.75, 3.05) is 20.8 Å². The molecule has 0 fully saturated rings. The van der Waals surface area contributed by atoms with E-state index >= 15 is 0 Å². The smallest absolute Gasteiger partial charge is 0.416 e. The van der Waals surface area contributed by atoms with Gasteiger partial charge < -0.3 is 24.2 Å². The van der Waals surface area contributed by atoms with Gasteiger partial charge in [0.25, 0.3) is 0 Å². The molecule has 0 N–H and O–H groups in total. The van der Waals surface area contributed by atoms with Gasteiger partial charge in [-0.15, -0.1) is 0 Å². The molecule has 182 valence electrons. The Morgan fingerprint density at radius 1 is 1.15 bits per heavy atom. The number of hydrogen-bond donors (Lipinski definition) is 0. The Morgan fingerprint density at radius 2 is 1.76 bits per heavy atom. The van der Waals surface area contributed by atoms with E-state index in [1.165, 1.54) is 7.11 Å². The summed E-state index contributed by atoms with van der Waals surface area (Å²) in [7, 11) is 0.717. The van der Waals surface area contributed by atoms with E-state index in [2.05, 4.69) is 56.5 Å². The van der Waals surface area contributed by atoms with Crippen LogP contribution in [-0.2, 0) is 25.3 Å². The number of esters is 1. The molecular weight excluding hydrogens is 436 g/mol. The van der Waals surface area contributed by atoms with Crippen LogP contribution in [0.25, 0.3) is 5.53 Å². The van der Waals surface area contributed by atoms with Crippen molar-refractivity contribution in [2.24, 2.45) is 0 Å². The van der Waals surface area contributed by atoms with Gasteiger partial charge in [0, 0.05) is 0 Å². The molecule has 0 saturated carbocycles. The number of carbonyl (C=O) groups is 1. The third-order valence-electron chi connectivity index (χ3n) is 5.97. The molecule has 0 spiro atoms. The zero-order valence-electron chi connectivity index (χ0n) is 21.1. The summed E-state index contributed by atoms with van der Waals surface area (Å²) >= 11 is 0. The number of methoxy groups -OCH3 is 2. The first kappa shape index (κ1) is 28.5. The lowest BCUT2D eigenvalue weighted by molar-refractivity contribution is -0.137. The van der Waals surface area contributed by atoms with Gasteiger partial charge in [-0.3, -0.25) is 0 Å². The molecule has 0 aliphatic heterocycles. The number of benzene rings is 1. The van der Waals surface area contributed by atoms with Crippen molar-refractivity contribution in [1.82, 2.24) is 0 Å². The monoisotopic (exact) mass is 474 g/mol. The van der Waals surface area contributed by atoms with E-state index in [0.29, 0.717) is 30.8 Å². The molecule has 0 radical (unpaired) electrons. The Bertz CT molecular complexity index is 881. The van der Waals surface area contributed by atoms with E-state index in [0.717, 1.165) is 11.3 Å². The predicted octanol–water partition coefficient (Wildman–Crippen LogP) is 5.34. The molecule has 0 saturated heterocycles. The van der Waals surface area contributed by atoms with Crippen molar-refractivity contribution in [3.63, 3.8) is 0 Å². The van der Waals surface area contributed by atoms with Gasteiger partial charge in [0.05, 0.1) is 40.0 Å². The van der Waals surface area contributed by atoms with Gasteiger partial charge in [0.1, 0.15) is 5.75 Å². The van der Waals surface area contributed by atoms with E-state index in [1.807, 2.05) is 24.3 Å². The van der Waals surface area contributed by atoms with Gasteiger partial charge in [-0.25, -0.2) is 4.79 Å². The van der Waals surface area contributed by atoms with Crippen LogP contribution in [0.1, 0.15) is 39.2 Å². The minimum absolute atomic E-state index is 0.0199. The Kier molecular flexibility index (Phi) is 10.9. The highest BCUT2D eigenvalue weighted by molar-refractivity contribution is 6.74. The number of rotatable bonds is 13. The van der Waals surface area contributed by atoms with Crippen molar-refractivity contribution in [2.45, 2.75) is 64.5 Å². The molecule has 7 nitrogen and oxygen atoms in total. The quantitative estimate of drug-likeness (QED) is 0.0961. The summed E-state index contributed by atoms with van der Waals surface area (Å²) in [5.41, 5.74) is 11.6. The molecule has 0 amide bonds. The highest BCUT2D eigenvalue weighted by Gasteiger charge is 2.40. The Balaban J connectivity index is 2.88. The maximum absolute atomic E-state index is 11.8. The summed E-state index contributed by atoms with van der Waals surface area (Å²) in [6.45, 7) is 19.8. The molecular formula is C25H38N2O5Si. The van der Waals surface area contributed by atoms with Crippen LogP contribution in [-0.4, -0.2) is 51.7 Å². The van der Waals surface area contributed by atoms with E-state index in [9.17, 15) is 10.3 Å². The molecule has 0 aliphatic carbocycles. The number of carbonyl (C=O) groups excluding carboxylic acids is 1. The van der Waals surface area contributed by atoms with Gasteiger partial charge >= 0.3 is 11.7 Å². The second kappa shape index (κ2) is 12.7. The first-order valence-corrected chi connectivity index (χ1v) is 13.8. The Labute approximate surface area is 199 Å². The highest BCUT2D eigenvalue weighted by Crippen LogP contribution is 2.39. The van der Waals surface area contributed by atoms with E-state index in [4.69, 9.17) is 13.9 Å². The first-order chi connectivity index (χ1) is 15.4. The Morgan fingerprint density at radius 3 is 2.24 bits per heavy atom. The largest absolute Gasteiger partial charge is 0.497 e. The first-order valence-electron chi connectivity index (χ1n) is 10.9. The van der Waals surface area contributed by atoms with Crippen molar-refractivity contribution < 1.29 is 28.2 Å². The van der Waals surface area contributed by atoms with E-state index in [1.54, 1.807) is 7.11 Å². The fraction of sp³-hybridized carbons (Fsp3) is 0.520. The second-order valence-electron chi connectivity index (χ2n) is 9.41. The van der Waals surface area contributed by atoms with Crippen LogP contribution in [0.5, 0.6) is 5.75 Å². The van der Waals surface area contributed by atoms with Crippen molar-refractivity contribution >= 4 is 20.0 Å². The number of hydrogen-bond acceptors (Lipinski definition) is 5. The van der Waals surface area contributed by atoms with Crippen molar-refractivity contribution in [1.29, 1.82) is 0 Å². The molecule has 0 bridgehead atoms. The average Bonchev–Trinajstić information content (AvgIpc) is 2.77. The molecule has 1 rings (SSSR count). The van der Waals surface area contributed by atoms with Crippen molar-refractivity contribution in [3.8, 4) is 5.75 Å². The fourth-order valence-corrected chi connectivity index (χ4v) is 4.07. The summed E-state index contributed by atoms with van der Waals surface area (Å²) in [6.07, 6.45) is 0.183. The van der Waals surface area contributed by atoms with Crippen LogP contribution in [0, 0.1) is 0 Å². The summed E-state index contributed by atoms with van der Waals surface area (Å²) in [5.74, 6) is 0.121. The number of ether oxygens (including phenoxy) is 3. The molecule has 1 aromatic carbocycles. The lowest BCUT2D eigenvalue weighted by Crippen LogP contribution is -2.44. The molecule has 1 atom stereocenters. The van der Waals surface area contributed by atoms with E-state index in [-0.39, 0.29) is 17.2 Å². The summed E-state index contributed by atoms with van der Waals surface area (Å²) in [4.78, 5) is 14.9. The summed E-state index contributed by atoms with van der Waals surface area (Å²) in [5, 5.41) is -0.0199. The summed E-state index contributed by atoms with van der Waals surface area (Å²) in [6, 6.07) is 7.67. The van der Waals surface area contributed by atoms with Gasteiger partial charge in [0.15, 0.2) is 8.32 Å². The molecule has 0 heterocycles. The average molecular weight is 475 g/mol. The third-order valence-corrected chi connectivity index (χ3v) is 10.5. The van der Waals surface area contributed by atoms with Crippen LogP contribution in [0.2, 0.25) is 18.1 Å². The molecule has 8 heteroatoms. The maximum atomic E-state index is 11.8. The zero-order valence-corrected chi connectivity index (χ0v) is 22.1. The van der Waals surface area contributed by atoms with Crippen LogP contribution in [0.3, 0.4) is 0 Å². The topological polar surface area (TPSA) is 90.4 Å². The van der Waals surface area contributed by atoms with Gasteiger partial charge in [-0.05, 0) is 53.4 Å². The lowest BCUT2D eigenvalue weighted by Gasteiger charge is -2.40. The predicted molar refractivity (Wildman–Crippen MR) is 133 cm³/mol. The Hall–Kier alpha value is -2.51. The zero-order chi connectivity index (χ0) is 25.2. The summed E-state index contributed by atoms with van der Waals surface area (Å²) < 4.78 is 22.3. The maximum Gasteiger partial charge on any atom is 0.416 e. The minimum Gasteiger partial charge on any atom is -0.497 e. The SMILES string of the molecule is C=C(COCc1ccc(OC)cc1)C(=C)C(CCC(=[N+]=[N-])C(=O)OC)O[Si](C)(C)C(C)(C)C. The van der Waals surface area contributed by atoms with Gasteiger partial charge in [-0.2, -0.15) is 4.79 Å². The van der Waals surface area contributed by atoms with E-state index < -0.39 is 20.4 Å². The molecule has 1 aromatic rings. The van der Waals surface area contributed by atoms with Crippen LogP contribution in [0.4, 0.5) is 0 Å². The van der Waals surface area contributed by atoms with Crippen molar-refractivity contribution in [3.05, 3.63) is 59.7 Å². The normalized spacial score (nSPS) is 12.5. The standard InChI is InChI=1S/C25H38N2O5Si/c1-18(16-31-17-20-10-12-21(29-6)13-11-20)19(2)23(32-33(8,9)25(3,4)5)15-14-22(27-26)24(28)30-7/h10-13,23H,1-2,14-17H2,3-9H3. The molecule has 33 heavy (non-hydrogen) atoms. The van der Waals surface area contributed by atoms with Crippen LogP contribution in [0.15, 0.2) is 48.6 Å². The lowest BCUT2D eigenvalue weighted by atomic mass is 9.99. The van der Waals surface area contributed by atoms with Gasteiger partial charge in [-0.1, -0.05) is 46.1 Å². The highest BCUT2D eigenvalue weighted by atomic mass is 28.4. The third kappa shape index (κ3) is 8.74.